The third-order valence-corrected chi connectivity index (χ3v) is 2.37. The molecule has 0 spiro atoms. The molecule has 1 unspecified atom stereocenters. The second-order valence-electron chi connectivity index (χ2n) is 3.83. The van der Waals surface area contributed by atoms with E-state index < -0.39 is 41.2 Å². The summed E-state index contributed by atoms with van der Waals surface area (Å²) in [5.74, 6) is -6.24. The molecule has 2 amide bonds. The van der Waals surface area contributed by atoms with Gasteiger partial charge in [-0.2, -0.15) is 4.39 Å². The van der Waals surface area contributed by atoms with Gasteiger partial charge in [-0.1, -0.05) is 0 Å². The number of amides is 2. The fourth-order valence-corrected chi connectivity index (χ4v) is 1.37. The highest BCUT2D eigenvalue weighted by molar-refractivity contribution is 5.96. The normalized spacial score (nSPS) is 11.7. The van der Waals surface area contributed by atoms with Crippen LogP contribution in [0.4, 0.5) is 8.78 Å². The Kier molecular flexibility index (Phi) is 5.07. The maximum absolute atomic E-state index is 13.3. The van der Waals surface area contributed by atoms with E-state index in [1.807, 2.05) is 5.32 Å². The van der Waals surface area contributed by atoms with Crippen molar-refractivity contribution in [2.45, 2.75) is 18.9 Å². The number of primary amides is 1. The van der Waals surface area contributed by atoms with E-state index in [1.54, 1.807) is 0 Å². The van der Waals surface area contributed by atoms with E-state index in [1.165, 1.54) is 0 Å². The van der Waals surface area contributed by atoms with Crippen molar-refractivity contribution in [3.8, 4) is 0 Å². The first kappa shape index (κ1) is 15.5. The summed E-state index contributed by atoms with van der Waals surface area (Å²) in [6.45, 7) is 0. The van der Waals surface area contributed by atoms with Gasteiger partial charge in [0.1, 0.15) is 6.04 Å². The average Bonchev–Trinajstić information content (AvgIpc) is 2.36. The molecule has 9 heteroatoms. The summed E-state index contributed by atoms with van der Waals surface area (Å²) in [5.41, 5.74) is 4.19. The predicted octanol–water partition coefficient (Wildman–Crippen LogP) is -0.192. The predicted molar refractivity (Wildman–Crippen MR) is 61.5 cm³/mol. The van der Waals surface area contributed by atoms with Crippen LogP contribution in [0.25, 0.3) is 0 Å². The van der Waals surface area contributed by atoms with Crippen LogP contribution >= 0.6 is 0 Å². The van der Waals surface area contributed by atoms with Crippen molar-refractivity contribution in [2.75, 3.05) is 0 Å². The first-order chi connectivity index (χ1) is 9.32. The molecule has 0 fully saturated rings. The first-order valence-electron chi connectivity index (χ1n) is 5.45. The number of carbonyl (C=O) groups is 3. The summed E-state index contributed by atoms with van der Waals surface area (Å²) in [4.78, 5) is 36.1. The molecule has 0 bridgehead atoms. The van der Waals surface area contributed by atoms with Crippen LogP contribution in [0.3, 0.4) is 0 Å². The number of nitrogens with zero attached hydrogens (tertiary/aromatic N) is 1. The van der Waals surface area contributed by atoms with Crippen molar-refractivity contribution in [2.24, 2.45) is 5.73 Å². The van der Waals surface area contributed by atoms with Crippen LogP contribution in [0.15, 0.2) is 12.3 Å². The van der Waals surface area contributed by atoms with Gasteiger partial charge in [0.25, 0.3) is 5.91 Å². The van der Waals surface area contributed by atoms with E-state index >= 15 is 0 Å². The van der Waals surface area contributed by atoms with Gasteiger partial charge < -0.3 is 16.2 Å². The number of carboxylic acids is 1. The topological polar surface area (TPSA) is 122 Å². The van der Waals surface area contributed by atoms with Gasteiger partial charge >= 0.3 is 5.97 Å². The van der Waals surface area contributed by atoms with Gasteiger partial charge in [0.05, 0.1) is 5.56 Å². The summed E-state index contributed by atoms with van der Waals surface area (Å²) < 4.78 is 26.1. The quantitative estimate of drug-likeness (QED) is 0.626. The van der Waals surface area contributed by atoms with E-state index in [-0.39, 0.29) is 12.8 Å². The van der Waals surface area contributed by atoms with Gasteiger partial charge in [-0.15, -0.1) is 0 Å². The largest absolute Gasteiger partial charge is 0.480 e. The molecule has 1 aromatic rings. The standard InChI is InChI=1S/C11H11F2N3O4/c12-8-5(3-4-15-9(8)13)10(18)16-6(11(19)20)1-2-7(14)17/h3-4,6H,1-2H2,(H2,14,17)(H,16,18)(H,19,20). The van der Waals surface area contributed by atoms with Crippen LogP contribution in [-0.4, -0.2) is 33.9 Å². The molecule has 0 radical (unpaired) electrons. The highest BCUT2D eigenvalue weighted by atomic mass is 19.2. The Hall–Kier alpha value is -2.58. The van der Waals surface area contributed by atoms with Crippen molar-refractivity contribution < 1.29 is 28.3 Å². The van der Waals surface area contributed by atoms with Crippen molar-refractivity contribution in [1.29, 1.82) is 0 Å². The molecule has 0 aliphatic carbocycles. The van der Waals surface area contributed by atoms with Gasteiger partial charge in [-0.05, 0) is 12.5 Å². The maximum atomic E-state index is 13.3. The lowest BCUT2D eigenvalue weighted by atomic mass is 10.1. The number of nitrogens with two attached hydrogens (primary N) is 1. The number of carbonyl (C=O) groups excluding carboxylic acids is 2. The van der Waals surface area contributed by atoms with E-state index in [2.05, 4.69) is 4.98 Å². The van der Waals surface area contributed by atoms with Crippen LogP contribution in [0, 0.1) is 11.8 Å². The van der Waals surface area contributed by atoms with Gasteiger partial charge in [-0.25, -0.2) is 14.2 Å². The lowest BCUT2D eigenvalue weighted by molar-refractivity contribution is -0.139. The fraction of sp³-hybridized carbons (Fsp3) is 0.273. The van der Waals surface area contributed by atoms with E-state index in [0.29, 0.717) is 0 Å². The molecule has 1 rings (SSSR count). The van der Waals surface area contributed by atoms with Crippen molar-refractivity contribution in [1.82, 2.24) is 10.3 Å². The van der Waals surface area contributed by atoms with Crippen LogP contribution in [0.2, 0.25) is 0 Å². The molecule has 0 aliphatic heterocycles. The Bertz CT molecular complexity index is 550. The third-order valence-electron chi connectivity index (χ3n) is 2.37. The molecule has 0 aromatic carbocycles. The zero-order valence-corrected chi connectivity index (χ0v) is 10.1. The van der Waals surface area contributed by atoms with Crippen LogP contribution in [0.1, 0.15) is 23.2 Å². The maximum Gasteiger partial charge on any atom is 0.326 e. The summed E-state index contributed by atoms with van der Waals surface area (Å²) in [6.07, 6.45) is 0.336. The highest BCUT2D eigenvalue weighted by Crippen LogP contribution is 2.09. The smallest absolute Gasteiger partial charge is 0.326 e. The lowest BCUT2D eigenvalue weighted by Gasteiger charge is -2.13. The molecular weight excluding hydrogens is 276 g/mol. The van der Waals surface area contributed by atoms with E-state index in [4.69, 9.17) is 10.8 Å². The highest BCUT2D eigenvalue weighted by Gasteiger charge is 2.23. The second kappa shape index (κ2) is 6.55. The summed E-state index contributed by atoms with van der Waals surface area (Å²) in [5, 5.41) is 10.8. The molecule has 7 nitrogen and oxygen atoms in total. The number of nitrogens with one attached hydrogen (secondary N) is 1. The number of aliphatic carboxylic acids is 1. The van der Waals surface area contributed by atoms with Crippen LogP contribution < -0.4 is 11.1 Å². The van der Waals surface area contributed by atoms with Crippen molar-refractivity contribution >= 4 is 17.8 Å². The molecular formula is C11H11F2N3O4. The van der Waals surface area contributed by atoms with Gasteiger partial charge in [0.15, 0.2) is 5.82 Å². The second-order valence-corrected chi connectivity index (χ2v) is 3.83. The van der Waals surface area contributed by atoms with Crippen molar-refractivity contribution in [3.63, 3.8) is 0 Å². The van der Waals surface area contributed by atoms with Crippen LogP contribution in [-0.2, 0) is 9.59 Å². The Labute approximate surface area is 111 Å². The lowest BCUT2D eigenvalue weighted by Crippen LogP contribution is -2.41. The van der Waals surface area contributed by atoms with Gasteiger partial charge in [0.2, 0.25) is 11.9 Å². The number of halogens is 2. The van der Waals surface area contributed by atoms with Crippen LogP contribution in [0.5, 0.6) is 0 Å². The molecule has 1 aromatic heterocycles. The minimum absolute atomic E-state index is 0.258. The summed E-state index contributed by atoms with van der Waals surface area (Å²) >= 11 is 0. The number of rotatable bonds is 6. The number of carboxylic acid groups (broad SMARTS) is 1. The summed E-state index contributed by atoms with van der Waals surface area (Å²) in [6, 6.07) is -0.536. The third kappa shape index (κ3) is 3.97. The van der Waals surface area contributed by atoms with E-state index in [0.717, 1.165) is 12.3 Å². The van der Waals surface area contributed by atoms with Gasteiger partial charge in [0, 0.05) is 12.6 Å². The molecule has 108 valence electrons. The Balaban J connectivity index is 2.83. The first-order valence-corrected chi connectivity index (χ1v) is 5.45. The molecule has 4 N–H and O–H groups in total. The minimum atomic E-state index is -1.48. The number of hydrogen-bond acceptors (Lipinski definition) is 4. The number of pyridine rings is 1. The molecule has 0 aliphatic rings. The molecule has 0 saturated carbocycles. The average molecular weight is 287 g/mol. The minimum Gasteiger partial charge on any atom is -0.480 e. The number of aromatic nitrogens is 1. The Morgan fingerprint density at radius 2 is 2.05 bits per heavy atom. The summed E-state index contributed by atoms with van der Waals surface area (Å²) in [7, 11) is 0. The van der Waals surface area contributed by atoms with Gasteiger partial charge in [-0.3, -0.25) is 9.59 Å². The zero-order valence-electron chi connectivity index (χ0n) is 10.1. The SMILES string of the molecule is NC(=O)CCC(NC(=O)c1ccnc(F)c1F)C(=O)O. The number of hydrogen-bond donors (Lipinski definition) is 3. The fourth-order valence-electron chi connectivity index (χ4n) is 1.37. The van der Waals surface area contributed by atoms with E-state index in [9.17, 15) is 23.2 Å². The monoisotopic (exact) mass is 287 g/mol. The Morgan fingerprint density at radius 3 is 2.60 bits per heavy atom. The zero-order chi connectivity index (χ0) is 15.3. The molecule has 20 heavy (non-hydrogen) atoms. The Morgan fingerprint density at radius 1 is 1.40 bits per heavy atom. The molecule has 1 atom stereocenters. The molecule has 0 saturated heterocycles. The molecule has 1 heterocycles. The van der Waals surface area contributed by atoms with Crippen molar-refractivity contribution in [3.05, 3.63) is 29.6 Å².